The molecule has 9 heteroatoms. The summed E-state index contributed by atoms with van der Waals surface area (Å²) in [6.45, 7) is 2.54. The minimum atomic E-state index is -1.18. The van der Waals surface area contributed by atoms with Crippen LogP contribution in [0, 0.1) is 0 Å². The van der Waals surface area contributed by atoms with Gasteiger partial charge in [0.1, 0.15) is 0 Å². The summed E-state index contributed by atoms with van der Waals surface area (Å²) in [7, 11) is 0. The highest BCUT2D eigenvalue weighted by Gasteiger charge is 2.09. The number of aromatic carboxylic acids is 1. The molecule has 0 aromatic carbocycles. The second kappa shape index (κ2) is 5.51. The number of rotatable bonds is 5. The van der Waals surface area contributed by atoms with E-state index >= 15 is 0 Å². The molecule has 20 heavy (non-hydrogen) atoms. The Bertz CT molecular complexity index is 742. The van der Waals surface area contributed by atoms with Crippen LogP contribution in [0.2, 0.25) is 0 Å². The zero-order valence-electron chi connectivity index (χ0n) is 10.8. The highest BCUT2D eigenvalue weighted by Crippen LogP contribution is 1.93. The van der Waals surface area contributed by atoms with Crippen molar-refractivity contribution in [1.29, 1.82) is 0 Å². The molecule has 0 aliphatic rings. The number of carbonyl (C=O) groups is 1. The summed E-state index contributed by atoms with van der Waals surface area (Å²) in [5.74, 6) is -1.18. The first-order valence-corrected chi connectivity index (χ1v) is 5.96. The number of aryl methyl sites for hydroxylation is 2. The highest BCUT2D eigenvalue weighted by atomic mass is 16.4. The molecule has 0 aliphatic carbocycles. The van der Waals surface area contributed by atoms with Crippen molar-refractivity contribution in [1.82, 2.24) is 24.1 Å². The summed E-state index contributed by atoms with van der Waals surface area (Å²) in [6.07, 6.45) is 2.69. The molecule has 0 aliphatic heterocycles. The van der Waals surface area contributed by atoms with Gasteiger partial charge < -0.3 is 9.67 Å². The van der Waals surface area contributed by atoms with Gasteiger partial charge in [0.15, 0.2) is 5.69 Å². The average Bonchev–Trinajstić information content (AvgIpc) is 2.88. The van der Waals surface area contributed by atoms with Crippen LogP contribution in [0.1, 0.15) is 17.4 Å². The second-order valence-electron chi connectivity index (χ2n) is 4.05. The van der Waals surface area contributed by atoms with Crippen LogP contribution in [0.3, 0.4) is 0 Å². The number of carboxylic acid groups (broad SMARTS) is 1. The SMILES string of the molecule is CCn1ccc(=O)n(CCn2cc(C(=O)O)nn2)c1=O. The maximum Gasteiger partial charge on any atom is 0.358 e. The normalized spacial score (nSPS) is 10.7. The Morgan fingerprint density at radius 2 is 2.10 bits per heavy atom. The van der Waals surface area contributed by atoms with Gasteiger partial charge in [-0.25, -0.2) is 14.3 Å². The van der Waals surface area contributed by atoms with E-state index in [0.29, 0.717) is 6.54 Å². The Balaban J connectivity index is 2.20. The number of hydrogen-bond acceptors (Lipinski definition) is 5. The third-order valence-corrected chi connectivity index (χ3v) is 2.79. The fraction of sp³-hybridized carbons (Fsp3) is 0.364. The van der Waals surface area contributed by atoms with E-state index in [2.05, 4.69) is 10.3 Å². The molecule has 0 fully saturated rings. The van der Waals surface area contributed by atoms with E-state index in [1.165, 1.54) is 27.7 Å². The lowest BCUT2D eigenvalue weighted by atomic mass is 10.5. The smallest absolute Gasteiger partial charge is 0.358 e. The quantitative estimate of drug-likeness (QED) is 0.752. The minimum Gasteiger partial charge on any atom is -0.476 e. The maximum absolute atomic E-state index is 11.9. The largest absolute Gasteiger partial charge is 0.476 e. The Morgan fingerprint density at radius 1 is 1.35 bits per heavy atom. The fourth-order valence-electron chi connectivity index (χ4n) is 1.71. The first-order valence-electron chi connectivity index (χ1n) is 5.96. The molecule has 2 heterocycles. The molecule has 0 unspecified atom stereocenters. The Labute approximate surface area is 112 Å². The van der Waals surface area contributed by atoms with Gasteiger partial charge in [0.25, 0.3) is 5.56 Å². The number of nitrogens with zero attached hydrogens (tertiary/aromatic N) is 5. The molecule has 2 aromatic rings. The lowest BCUT2D eigenvalue weighted by Gasteiger charge is -2.07. The summed E-state index contributed by atoms with van der Waals surface area (Å²) < 4.78 is 3.76. The van der Waals surface area contributed by atoms with Crippen LogP contribution in [-0.2, 0) is 19.6 Å². The lowest BCUT2D eigenvalue weighted by molar-refractivity contribution is 0.0690. The summed E-state index contributed by atoms with van der Waals surface area (Å²) in [5.41, 5.74) is -0.992. The summed E-state index contributed by atoms with van der Waals surface area (Å²) >= 11 is 0. The van der Waals surface area contributed by atoms with Gasteiger partial charge in [0, 0.05) is 18.8 Å². The number of carboxylic acids is 1. The van der Waals surface area contributed by atoms with Gasteiger partial charge in [0.05, 0.1) is 19.3 Å². The molecule has 2 aromatic heterocycles. The van der Waals surface area contributed by atoms with Crippen molar-refractivity contribution in [3.05, 3.63) is 45.0 Å². The van der Waals surface area contributed by atoms with Crippen LogP contribution in [0.5, 0.6) is 0 Å². The number of aromatic nitrogens is 5. The van der Waals surface area contributed by atoms with Crippen molar-refractivity contribution in [3.8, 4) is 0 Å². The monoisotopic (exact) mass is 279 g/mol. The Morgan fingerprint density at radius 3 is 2.70 bits per heavy atom. The molecular formula is C11H13N5O4. The average molecular weight is 279 g/mol. The van der Waals surface area contributed by atoms with Gasteiger partial charge in [-0.3, -0.25) is 9.36 Å². The van der Waals surface area contributed by atoms with E-state index in [1.807, 2.05) is 0 Å². The van der Waals surface area contributed by atoms with Crippen LogP contribution in [0.15, 0.2) is 28.0 Å². The molecule has 0 saturated carbocycles. The molecule has 0 spiro atoms. The molecule has 106 valence electrons. The van der Waals surface area contributed by atoms with E-state index in [4.69, 9.17) is 5.11 Å². The summed E-state index contributed by atoms with van der Waals surface area (Å²) in [4.78, 5) is 34.3. The van der Waals surface area contributed by atoms with Crippen LogP contribution in [0.4, 0.5) is 0 Å². The van der Waals surface area contributed by atoms with Crippen molar-refractivity contribution in [3.63, 3.8) is 0 Å². The van der Waals surface area contributed by atoms with E-state index in [9.17, 15) is 14.4 Å². The van der Waals surface area contributed by atoms with Crippen LogP contribution in [0.25, 0.3) is 0 Å². The van der Waals surface area contributed by atoms with Crippen LogP contribution >= 0.6 is 0 Å². The fourth-order valence-corrected chi connectivity index (χ4v) is 1.71. The Kier molecular flexibility index (Phi) is 3.78. The van der Waals surface area contributed by atoms with Crippen molar-refractivity contribution in [2.75, 3.05) is 0 Å². The lowest BCUT2D eigenvalue weighted by Crippen LogP contribution is -2.39. The van der Waals surface area contributed by atoms with Crippen molar-refractivity contribution >= 4 is 5.97 Å². The molecule has 0 saturated heterocycles. The third-order valence-electron chi connectivity index (χ3n) is 2.79. The number of hydrogen-bond donors (Lipinski definition) is 1. The van der Waals surface area contributed by atoms with Gasteiger partial charge >= 0.3 is 11.7 Å². The Hall–Kier alpha value is -2.71. The van der Waals surface area contributed by atoms with E-state index in [0.717, 1.165) is 4.57 Å². The van der Waals surface area contributed by atoms with Crippen LogP contribution < -0.4 is 11.2 Å². The van der Waals surface area contributed by atoms with E-state index in [-0.39, 0.29) is 18.8 Å². The van der Waals surface area contributed by atoms with E-state index < -0.39 is 17.2 Å². The summed E-state index contributed by atoms with van der Waals surface area (Å²) in [6, 6.07) is 1.31. The van der Waals surface area contributed by atoms with Crippen molar-refractivity contribution in [2.45, 2.75) is 26.6 Å². The zero-order chi connectivity index (χ0) is 14.7. The summed E-state index contributed by atoms with van der Waals surface area (Å²) in [5, 5.41) is 15.8. The molecule has 0 bridgehead atoms. The standard InChI is InChI=1S/C11H13N5O4/c1-2-14-4-3-9(17)16(11(14)20)6-5-15-7-8(10(18)19)12-13-15/h3-4,7H,2,5-6H2,1H3,(H,18,19). The molecule has 9 nitrogen and oxygen atoms in total. The van der Waals surface area contributed by atoms with Crippen LogP contribution in [-0.4, -0.2) is 35.2 Å². The molecule has 0 atom stereocenters. The first-order chi connectivity index (χ1) is 9.52. The zero-order valence-corrected chi connectivity index (χ0v) is 10.8. The molecule has 2 rings (SSSR count). The van der Waals surface area contributed by atoms with Crippen molar-refractivity contribution in [2.24, 2.45) is 0 Å². The van der Waals surface area contributed by atoms with Gasteiger partial charge in [-0.2, -0.15) is 0 Å². The van der Waals surface area contributed by atoms with Gasteiger partial charge in [-0.1, -0.05) is 5.21 Å². The predicted octanol–water partition coefficient (Wildman–Crippen LogP) is -0.980. The maximum atomic E-state index is 11.9. The van der Waals surface area contributed by atoms with Gasteiger partial charge in [0.2, 0.25) is 0 Å². The molecular weight excluding hydrogens is 266 g/mol. The van der Waals surface area contributed by atoms with Gasteiger partial charge in [-0.15, -0.1) is 5.10 Å². The van der Waals surface area contributed by atoms with Crippen molar-refractivity contribution < 1.29 is 9.90 Å². The van der Waals surface area contributed by atoms with Gasteiger partial charge in [-0.05, 0) is 6.92 Å². The molecule has 0 radical (unpaired) electrons. The first kappa shape index (κ1) is 13.7. The predicted molar refractivity (Wildman–Crippen MR) is 67.6 cm³/mol. The topological polar surface area (TPSA) is 112 Å². The molecule has 1 N–H and O–H groups in total. The highest BCUT2D eigenvalue weighted by molar-refractivity contribution is 5.84. The molecule has 0 amide bonds. The van der Waals surface area contributed by atoms with E-state index in [1.54, 1.807) is 6.92 Å². The minimum absolute atomic E-state index is 0.0981. The third kappa shape index (κ3) is 2.66. The second-order valence-corrected chi connectivity index (χ2v) is 4.05.